The summed E-state index contributed by atoms with van der Waals surface area (Å²) in [5.41, 5.74) is 1.27. The zero-order chi connectivity index (χ0) is 19.6. The van der Waals surface area contributed by atoms with E-state index < -0.39 is 5.41 Å². The van der Waals surface area contributed by atoms with Crippen LogP contribution < -0.4 is 0 Å². The van der Waals surface area contributed by atoms with E-state index in [-0.39, 0.29) is 22.9 Å². The van der Waals surface area contributed by atoms with E-state index in [1.54, 1.807) is 0 Å². The van der Waals surface area contributed by atoms with Crippen LogP contribution in [0, 0.1) is 34.0 Å². The summed E-state index contributed by atoms with van der Waals surface area (Å²) in [5, 5.41) is 0. The third-order valence-electron chi connectivity index (χ3n) is 8.65. The molecular weight excluding hydrogens is 336 g/mol. The molecule has 6 atom stereocenters. The van der Waals surface area contributed by atoms with E-state index in [1.165, 1.54) is 12.0 Å². The minimum absolute atomic E-state index is 0.0366. The normalized spacial score (nSPS) is 44.0. The Balaban J connectivity index is 1.53. The van der Waals surface area contributed by atoms with E-state index in [0.717, 1.165) is 44.9 Å². The smallest absolute Gasteiger partial charge is 0.311 e. The van der Waals surface area contributed by atoms with Crippen LogP contribution in [-0.2, 0) is 14.3 Å². The van der Waals surface area contributed by atoms with Gasteiger partial charge in [0.15, 0.2) is 0 Å². The quantitative estimate of drug-likeness (QED) is 0.452. The van der Waals surface area contributed by atoms with Gasteiger partial charge in [-0.1, -0.05) is 25.5 Å². The van der Waals surface area contributed by atoms with Crippen LogP contribution in [-0.4, -0.2) is 17.9 Å². The molecule has 3 heteroatoms. The number of esters is 1. The molecule has 27 heavy (non-hydrogen) atoms. The van der Waals surface area contributed by atoms with Gasteiger partial charge >= 0.3 is 5.97 Å². The molecular formula is C24H36O3. The number of ketones is 1. The first kappa shape index (κ1) is 19.2. The van der Waals surface area contributed by atoms with E-state index in [2.05, 4.69) is 19.9 Å². The van der Waals surface area contributed by atoms with Gasteiger partial charge in [-0.25, -0.2) is 0 Å². The lowest BCUT2D eigenvalue weighted by molar-refractivity contribution is -0.160. The van der Waals surface area contributed by atoms with Gasteiger partial charge in [0.1, 0.15) is 11.9 Å². The summed E-state index contributed by atoms with van der Waals surface area (Å²) in [6, 6.07) is 0. The number of fused-ring (bicyclic) bond motifs is 5. The molecule has 0 aromatic carbocycles. The highest BCUT2D eigenvalue weighted by atomic mass is 16.5. The number of Topliss-reactive ketones (excluding diaryl/α,β-unsaturated/α-hetero) is 1. The van der Waals surface area contributed by atoms with Crippen molar-refractivity contribution in [3.63, 3.8) is 0 Å². The van der Waals surface area contributed by atoms with Crippen LogP contribution in [0.2, 0.25) is 0 Å². The van der Waals surface area contributed by atoms with Crippen molar-refractivity contribution in [1.82, 2.24) is 0 Å². The Labute approximate surface area is 164 Å². The number of ether oxygens (including phenoxy) is 1. The molecule has 150 valence electrons. The topological polar surface area (TPSA) is 43.4 Å². The van der Waals surface area contributed by atoms with Crippen LogP contribution in [0.1, 0.15) is 86.0 Å². The second-order valence-electron chi connectivity index (χ2n) is 11.2. The molecule has 4 aliphatic carbocycles. The predicted octanol–water partition coefficient (Wildman–Crippen LogP) is 5.48. The molecule has 4 aliphatic rings. The second-order valence-corrected chi connectivity index (χ2v) is 11.2. The molecule has 0 saturated heterocycles. The maximum atomic E-state index is 12.5. The van der Waals surface area contributed by atoms with Gasteiger partial charge in [0, 0.05) is 18.3 Å². The minimum Gasteiger partial charge on any atom is -0.462 e. The molecule has 0 aromatic rings. The SMILES string of the molecule is CC(C)(C)C(=O)O[C@H]1CC[C@@]2(C)C(=CC[C@@H]3[C@@H]2CC[C@]2(C)C(=O)CC[C@@H]32)C1. The molecule has 3 nitrogen and oxygen atoms in total. The van der Waals surface area contributed by atoms with Gasteiger partial charge in [0.25, 0.3) is 0 Å². The van der Waals surface area contributed by atoms with Crippen molar-refractivity contribution in [3.05, 3.63) is 11.6 Å². The summed E-state index contributed by atoms with van der Waals surface area (Å²) in [6.07, 6.45) is 10.8. The van der Waals surface area contributed by atoms with Crippen molar-refractivity contribution in [1.29, 1.82) is 0 Å². The third-order valence-corrected chi connectivity index (χ3v) is 8.65. The first-order chi connectivity index (χ1) is 12.6. The first-order valence-electron chi connectivity index (χ1n) is 11.0. The fourth-order valence-corrected chi connectivity index (χ4v) is 6.83. The number of carbonyl (C=O) groups is 2. The van der Waals surface area contributed by atoms with Crippen molar-refractivity contribution in [2.75, 3.05) is 0 Å². The second kappa shape index (κ2) is 6.19. The van der Waals surface area contributed by atoms with Crippen LogP contribution in [0.5, 0.6) is 0 Å². The Hall–Kier alpha value is -1.12. The van der Waals surface area contributed by atoms with Crippen molar-refractivity contribution >= 4 is 11.8 Å². The summed E-state index contributed by atoms with van der Waals surface area (Å²) in [6.45, 7) is 10.5. The highest BCUT2D eigenvalue weighted by Crippen LogP contribution is 2.64. The lowest BCUT2D eigenvalue weighted by atomic mass is 9.48. The number of hydrogen-bond donors (Lipinski definition) is 0. The Kier molecular flexibility index (Phi) is 4.40. The maximum absolute atomic E-state index is 12.5. The van der Waals surface area contributed by atoms with E-state index in [4.69, 9.17) is 4.74 Å². The molecule has 4 rings (SSSR count). The highest BCUT2D eigenvalue weighted by molar-refractivity contribution is 5.87. The van der Waals surface area contributed by atoms with Gasteiger partial charge in [-0.3, -0.25) is 9.59 Å². The fraction of sp³-hybridized carbons (Fsp3) is 0.833. The Morgan fingerprint density at radius 2 is 1.74 bits per heavy atom. The Morgan fingerprint density at radius 3 is 2.44 bits per heavy atom. The summed E-state index contributed by atoms with van der Waals surface area (Å²) < 4.78 is 5.86. The Morgan fingerprint density at radius 1 is 1.07 bits per heavy atom. The fourth-order valence-electron chi connectivity index (χ4n) is 6.83. The average molecular weight is 373 g/mol. The highest BCUT2D eigenvalue weighted by Gasteiger charge is 2.58. The molecule has 0 amide bonds. The molecule has 0 radical (unpaired) electrons. The van der Waals surface area contributed by atoms with Crippen molar-refractivity contribution in [2.45, 2.75) is 92.1 Å². The van der Waals surface area contributed by atoms with Gasteiger partial charge in [-0.15, -0.1) is 0 Å². The standard InChI is InChI=1S/C24H36O3/c1-22(2,3)21(26)27-16-10-12-23(4)15(14-16)6-7-17-18-8-9-20(25)24(18,5)13-11-19(17)23/h6,16-19H,7-14H2,1-5H3/t16-,17-,18-,19-,23-,24-/m0/s1. The molecule has 0 N–H and O–H groups in total. The maximum Gasteiger partial charge on any atom is 0.311 e. The van der Waals surface area contributed by atoms with Gasteiger partial charge in [-0.2, -0.15) is 0 Å². The number of hydrogen-bond acceptors (Lipinski definition) is 3. The van der Waals surface area contributed by atoms with Gasteiger partial charge in [0.2, 0.25) is 0 Å². The molecule has 0 aromatic heterocycles. The third kappa shape index (κ3) is 2.91. The van der Waals surface area contributed by atoms with Crippen molar-refractivity contribution < 1.29 is 14.3 Å². The lowest BCUT2D eigenvalue weighted by Gasteiger charge is -2.57. The van der Waals surface area contributed by atoms with E-state index in [0.29, 0.717) is 23.5 Å². The van der Waals surface area contributed by atoms with Crippen molar-refractivity contribution in [3.8, 4) is 0 Å². The average Bonchev–Trinajstić information content (AvgIpc) is 2.89. The summed E-state index contributed by atoms with van der Waals surface area (Å²) in [4.78, 5) is 24.8. The number of rotatable bonds is 1. The van der Waals surface area contributed by atoms with E-state index in [9.17, 15) is 9.59 Å². The summed E-state index contributed by atoms with van der Waals surface area (Å²) in [7, 11) is 0. The zero-order valence-corrected chi connectivity index (χ0v) is 17.8. The lowest BCUT2D eigenvalue weighted by Crippen LogP contribution is -2.50. The van der Waals surface area contributed by atoms with Gasteiger partial charge in [-0.05, 0) is 82.5 Å². The van der Waals surface area contributed by atoms with Crippen LogP contribution in [0.25, 0.3) is 0 Å². The molecule has 0 spiro atoms. The van der Waals surface area contributed by atoms with Crippen molar-refractivity contribution in [2.24, 2.45) is 34.0 Å². The molecule has 0 bridgehead atoms. The predicted molar refractivity (Wildman–Crippen MR) is 106 cm³/mol. The first-order valence-corrected chi connectivity index (χ1v) is 11.0. The summed E-state index contributed by atoms with van der Waals surface area (Å²) in [5.74, 6) is 2.38. The monoisotopic (exact) mass is 372 g/mol. The van der Waals surface area contributed by atoms with E-state index in [1.807, 2.05) is 20.8 Å². The molecule has 0 unspecified atom stereocenters. The number of allylic oxidation sites excluding steroid dienone is 1. The molecule has 3 saturated carbocycles. The molecule has 3 fully saturated rings. The largest absolute Gasteiger partial charge is 0.462 e. The van der Waals surface area contributed by atoms with Gasteiger partial charge in [0.05, 0.1) is 5.41 Å². The number of carbonyl (C=O) groups excluding carboxylic acids is 2. The van der Waals surface area contributed by atoms with Crippen LogP contribution in [0.4, 0.5) is 0 Å². The van der Waals surface area contributed by atoms with Crippen LogP contribution >= 0.6 is 0 Å². The van der Waals surface area contributed by atoms with Gasteiger partial charge < -0.3 is 4.74 Å². The summed E-state index contributed by atoms with van der Waals surface area (Å²) >= 11 is 0. The molecule has 0 aliphatic heterocycles. The van der Waals surface area contributed by atoms with Crippen LogP contribution in [0.3, 0.4) is 0 Å². The zero-order valence-electron chi connectivity index (χ0n) is 17.8. The van der Waals surface area contributed by atoms with E-state index >= 15 is 0 Å². The Bertz CT molecular complexity index is 684. The minimum atomic E-state index is -0.435. The molecule has 0 heterocycles. The van der Waals surface area contributed by atoms with Crippen LogP contribution in [0.15, 0.2) is 11.6 Å².